The number of nitrogens with one attached hydrogen (secondary N) is 2. The van der Waals surface area contributed by atoms with E-state index in [0.29, 0.717) is 13.2 Å². The van der Waals surface area contributed by atoms with Crippen molar-refractivity contribution in [1.29, 1.82) is 0 Å². The van der Waals surface area contributed by atoms with E-state index in [1.807, 2.05) is 6.07 Å². The van der Waals surface area contributed by atoms with Gasteiger partial charge in [-0.05, 0) is 18.9 Å². The van der Waals surface area contributed by atoms with E-state index in [1.54, 1.807) is 6.20 Å². The molecule has 5 heteroatoms. The van der Waals surface area contributed by atoms with Crippen LogP contribution in [0.4, 0.5) is 0 Å². The fourth-order valence-electron chi connectivity index (χ4n) is 1.46. The lowest BCUT2D eigenvalue weighted by Gasteiger charge is -2.08. The summed E-state index contributed by atoms with van der Waals surface area (Å²) >= 11 is 0. The highest BCUT2D eigenvalue weighted by Crippen LogP contribution is 2.11. The number of aromatic amines is 1. The molecule has 1 aliphatic heterocycles. The molecule has 0 radical (unpaired) electrons. The third-order valence-corrected chi connectivity index (χ3v) is 2.23. The Morgan fingerprint density at radius 2 is 2.71 bits per heavy atom. The van der Waals surface area contributed by atoms with Crippen molar-refractivity contribution in [1.82, 2.24) is 15.5 Å². The van der Waals surface area contributed by atoms with Crippen LogP contribution in [0.5, 0.6) is 0 Å². The number of hydrogen-bond acceptors (Lipinski definition) is 3. The van der Waals surface area contributed by atoms with Gasteiger partial charge in [0.05, 0.1) is 12.2 Å². The van der Waals surface area contributed by atoms with Crippen molar-refractivity contribution in [3.8, 4) is 0 Å². The van der Waals surface area contributed by atoms with Gasteiger partial charge in [0.1, 0.15) is 6.10 Å². The van der Waals surface area contributed by atoms with Crippen LogP contribution in [-0.2, 0) is 16.1 Å². The summed E-state index contributed by atoms with van der Waals surface area (Å²) < 4.78 is 5.25. The Hall–Kier alpha value is -1.36. The van der Waals surface area contributed by atoms with E-state index in [2.05, 4.69) is 15.5 Å². The number of rotatable bonds is 3. The highest BCUT2D eigenvalue weighted by Gasteiger charge is 2.22. The van der Waals surface area contributed by atoms with Crippen molar-refractivity contribution in [2.24, 2.45) is 0 Å². The second-order valence-corrected chi connectivity index (χ2v) is 3.30. The fourth-order valence-corrected chi connectivity index (χ4v) is 1.46. The molecule has 1 fully saturated rings. The van der Waals surface area contributed by atoms with E-state index in [1.165, 1.54) is 0 Å². The second-order valence-electron chi connectivity index (χ2n) is 3.30. The number of carbonyl (C=O) groups excluding carboxylic acids is 1. The van der Waals surface area contributed by atoms with Crippen LogP contribution in [0.15, 0.2) is 12.3 Å². The van der Waals surface area contributed by atoms with Gasteiger partial charge >= 0.3 is 0 Å². The van der Waals surface area contributed by atoms with Crippen LogP contribution >= 0.6 is 0 Å². The average molecular weight is 195 g/mol. The molecular formula is C9H13N3O2. The van der Waals surface area contributed by atoms with E-state index in [-0.39, 0.29) is 12.0 Å². The monoisotopic (exact) mass is 195 g/mol. The zero-order valence-electron chi connectivity index (χ0n) is 7.82. The number of aromatic nitrogens is 2. The van der Waals surface area contributed by atoms with Gasteiger partial charge < -0.3 is 10.1 Å². The molecule has 0 saturated carbocycles. The number of ether oxygens (including phenoxy) is 1. The summed E-state index contributed by atoms with van der Waals surface area (Å²) in [6.07, 6.45) is 3.21. The molecule has 2 heterocycles. The van der Waals surface area contributed by atoms with Gasteiger partial charge in [-0.2, -0.15) is 5.10 Å². The normalized spacial score (nSPS) is 21.0. The predicted octanol–water partition coefficient (Wildman–Crippen LogP) is 0.205. The van der Waals surface area contributed by atoms with Gasteiger partial charge in [-0.1, -0.05) is 0 Å². The first-order chi connectivity index (χ1) is 6.86. The van der Waals surface area contributed by atoms with Crippen molar-refractivity contribution >= 4 is 5.91 Å². The molecule has 0 unspecified atom stereocenters. The molecule has 1 aromatic heterocycles. The van der Waals surface area contributed by atoms with E-state index in [9.17, 15) is 4.79 Å². The number of nitrogens with zero attached hydrogens (tertiary/aromatic N) is 1. The summed E-state index contributed by atoms with van der Waals surface area (Å²) in [6.45, 7) is 1.18. The molecule has 2 N–H and O–H groups in total. The lowest BCUT2D eigenvalue weighted by molar-refractivity contribution is -0.130. The maximum atomic E-state index is 11.5. The van der Waals surface area contributed by atoms with Gasteiger partial charge in [-0.15, -0.1) is 0 Å². The summed E-state index contributed by atoms with van der Waals surface area (Å²) in [4.78, 5) is 11.5. The Morgan fingerprint density at radius 3 is 3.36 bits per heavy atom. The molecule has 1 aromatic rings. The Bertz CT molecular complexity index is 291. The van der Waals surface area contributed by atoms with Gasteiger partial charge in [0.25, 0.3) is 0 Å². The molecule has 5 nitrogen and oxygen atoms in total. The lowest BCUT2D eigenvalue weighted by Crippen LogP contribution is -2.33. The third-order valence-electron chi connectivity index (χ3n) is 2.23. The highest BCUT2D eigenvalue weighted by molar-refractivity contribution is 5.80. The van der Waals surface area contributed by atoms with E-state index < -0.39 is 0 Å². The molecule has 1 atom stereocenters. The molecular weight excluding hydrogens is 182 g/mol. The zero-order valence-corrected chi connectivity index (χ0v) is 7.82. The zero-order chi connectivity index (χ0) is 9.80. The van der Waals surface area contributed by atoms with Crippen molar-refractivity contribution in [2.45, 2.75) is 25.5 Å². The summed E-state index contributed by atoms with van der Waals surface area (Å²) in [5, 5.41) is 9.36. The maximum Gasteiger partial charge on any atom is 0.249 e. The quantitative estimate of drug-likeness (QED) is 0.724. The van der Waals surface area contributed by atoms with Crippen LogP contribution < -0.4 is 5.32 Å². The molecule has 76 valence electrons. The highest BCUT2D eigenvalue weighted by atomic mass is 16.5. The smallest absolute Gasteiger partial charge is 0.249 e. The third kappa shape index (κ3) is 2.11. The Kier molecular flexibility index (Phi) is 2.78. The SMILES string of the molecule is O=C(NCc1ccn[nH]1)[C@H]1CCCO1. The molecule has 1 amide bonds. The first-order valence-corrected chi connectivity index (χ1v) is 4.74. The summed E-state index contributed by atoms with van der Waals surface area (Å²) in [5.74, 6) is -0.0305. The van der Waals surface area contributed by atoms with Crippen LogP contribution in [0.25, 0.3) is 0 Å². The number of amides is 1. The summed E-state index contributed by atoms with van der Waals surface area (Å²) in [6, 6.07) is 1.83. The van der Waals surface area contributed by atoms with Crippen LogP contribution in [0, 0.1) is 0 Å². The minimum atomic E-state index is -0.252. The molecule has 0 bridgehead atoms. The van der Waals surface area contributed by atoms with E-state index in [4.69, 9.17) is 4.74 Å². The minimum Gasteiger partial charge on any atom is -0.368 e. The Balaban J connectivity index is 1.77. The minimum absolute atomic E-state index is 0.0305. The van der Waals surface area contributed by atoms with Gasteiger partial charge in [0, 0.05) is 12.8 Å². The largest absolute Gasteiger partial charge is 0.368 e. The van der Waals surface area contributed by atoms with Crippen LogP contribution in [0.1, 0.15) is 18.5 Å². The lowest BCUT2D eigenvalue weighted by atomic mass is 10.2. The summed E-state index contributed by atoms with van der Waals surface area (Å²) in [7, 11) is 0. The fraction of sp³-hybridized carbons (Fsp3) is 0.556. The first-order valence-electron chi connectivity index (χ1n) is 4.74. The van der Waals surface area contributed by atoms with Crippen LogP contribution in [-0.4, -0.2) is 28.8 Å². The molecule has 1 aliphatic rings. The molecule has 0 spiro atoms. The van der Waals surface area contributed by atoms with E-state index in [0.717, 1.165) is 18.5 Å². The molecule has 0 aliphatic carbocycles. The number of H-pyrrole nitrogens is 1. The number of hydrogen-bond donors (Lipinski definition) is 2. The van der Waals surface area contributed by atoms with Crippen molar-refractivity contribution in [3.63, 3.8) is 0 Å². The average Bonchev–Trinajstić information content (AvgIpc) is 2.87. The predicted molar refractivity (Wildman–Crippen MR) is 49.4 cm³/mol. The van der Waals surface area contributed by atoms with Gasteiger partial charge in [-0.25, -0.2) is 0 Å². The molecule has 14 heavy (non-hydrogen) atoms. The van der Waals surface area contributed by atoms with Gasteiger partial charge in [0.2, 0.25) is 5.91 Å². The Morgan fingerprint density at radius 1 is 1.79 bits per heavy atom. The van der Waals surface area contributed by atoms with Crippen molar-refractivity contribution in [3.05, 3.63) is 18.0 Å². The van der Waals surface area contributed by atoms with Crippen LogP contribution in [0.3, 0.4) is 0 Å². The van der Waals surface area contributed by atoms with Crippen LogP contribution in [0.2, 0.25) is 0 Å². The molecule has 1 saturated heterocycles. The Labute approximate surface area is 81.8 Å². The van der Waals surface area contributed by atoms with Crippen molar-refractivity contribution < 1.29 is 9.53 Å². The first kappa shape index (κ1) is 9.21. The maximum absolute atomic E-state index is 11.5. The second kappa shape index (κ2) is 4.23. The number of carbonyl (C=O) groups is 1. The summed E-state index contributed by atoms with van der Waals surface area (Å²) in [5.41, 5.74) is 0.899. The topological polar surface area (TPSA) is 67.0 Å². The molecule has 0 aromatic carbocycles. The van der Waals surface area contributed by atoms with E-state index >= 15 is 0 Å². The van der Waals surface area contributed by atoms with Crippen molar-refractivity contribution in [2.75, 3.05) is 6.61 Å². The molecule has 2 rings (SSSR count). The standard InChI is InChI=1S/C9H13N3O2/c13-9(8-2-1-5-14-8)10-6-7-3-4-11-12-7/h3-4,8H,1-2,5-6H2,(H,10,13)(H,11,12)/t8-/m1/s1. The van der Waals surface area contributed by atoms with Gasteiger partial charge in [0.15, 0.2) is 0 Å². The van der Waals surface area contributed by atoms with Gasteiger partial charge in [-0.3, -0.25) is 9.89 Å².